The van der Waals surface area contributed by atoms with E-state index in [0.717, 1.165) is 22.0 Å². The normalized spacial score (nSPS) is 15.5. The first kappa shape index (κ1) is 21.4. The van der Waals surface area contributed by atoms with Gasteiger partial charge in [0.15, 0.2) is 22.4 Å². The Morgan fingerprint density at radius 2 is 1.68 bits per heavy atom. The first-order valence-electron chi connectivity index (χ1n) is 10.3. The quantitative estimate of drug-likeness (QED) is 0.516. The molecule has 162 valence electrons. The number of fused-ring (bicyclic) bond motifs is 1. The average molecular weight is 438 g/mol. The Bertz CT molecular complexity index is 1100. The fourth-order valence-electron chi connectivity index (χ4n) is 4.03. The van der Waals surface area contributed by atoms with E-state index in [2.05, 4.69) is 32.9 Å². The number of furan rings is 1. The standard InChI is InChI=1S/C25H27NO4S/c1-15-7-6-8-16(2)24(15)31-23-10-9-20(30-23)25(27)26-14-19-13-22(29-5)21(28-4)12-18(19)11-17(26)3/h6-10,12-13,17H,11,14H2,1-5H3. The molecule has 4 rings (SSSR count). The number of hydrogen-bond acceptors (Lipinski definition) is 5. The lowest BCUT2D eigenvalue weighted by Crippen LogP contribution is -2.42. The molecule has 0 N–H and O–H groups in total. The number of rotatable bonds is 5. The van der Waals surface area contributed by atoms with Crippen LogP contribution in [-0.2, 0) is 13.0 Å². The van der Waals surface area contributed by atoms with Crippen molar-refractivity contribution in [3.63, 3.8) is 0 Å². The van der Waals surface area contributed by atoms with Crippen LogP contribution in [0, 0.1) is 13.8 Å². The smallest absolute Gasteiger partial charge is 0.290 e. The van der Waals surface area contributed by atoms with Crippen molar-refractivity contribution in [3.05, 3.63) is 70.5 Å². The van der Waals surface area contributed by atoms with E-state index in [-0.39, 0.29) is 11.9 Å². The van der Waals surface area contributed by atoms with Gasteiger partial charge in [0, 0.05) is 17.5 Å². The van der Waals surface area contributed by atoms with Crippen molar-refractivity contribution in [3.8, 4) is 11.5 Å². The fourth-order valence-corrected chi connectivity index (χ4v) is 4.96. The topological polar surface area (TPSA) is 51.9 Å². The monoisotopic (exact) mass is 437 g/mol. The molecular weight excluding hydrogens is 410 g/mol. The summed E-state index contributed by atoms with van der Waals surface area (Å²) < 4.78 is 16.8. The van der Waals surface area contributed by atoms with Crippen LogP contribution in [-0.4, -0.2) is 31.1 Å². The zero-order valence-corrected chi connectivity index (χ0v) is 19.3. The van der Waals surface area contributed by atoms with Gasteiger partial charge in [-0.05, 0) is 73.7 Å². The molecule has 1 aliphatic rings. The number of benzene rings is 2. The Morgan fingerprint density at radius 3 is 2.32 bits per heavy atom. The molecule has 2 aromatic carbocycles. The predicted molar refractivity (Wildman–Crippen MR) is 121 cm³/mol. The molecule has 0 radical (unpaired) electrons. The molecule has 31 heavy (non-hydrogen) atoms. The van der Waals surface area contributed by atoms with Crippen LogP contribution < -0.4 is 9.47 Å². The van der Waals surface area contributed by atoms with Gasteiger partial charge in [-0.25, -0.2) is 0 Å². The second-order valence-corrected chi connectivity index (χ2v) is 8.92. The average Bonchev–Trinajstić information content (AvgIpc) is 3.23. The fraction of sp³-hybridized carbons (Fsp3) is 0.320. The van der Waals surface area contributed by atoms with Gasteiger partial charge in [0.25, 0.3) is 5.91 Å². The van der Waals surface area contributed by atoms with Crippen molar-refractivity contribution in [2.75, 3.05) is 14.2 Å². The highest BCUT2D eigenvalue weighted by molar-refractivity contribution is 7.99. The van der Waals surface area contributed by atoms with Gasteiger partial charge in [0.05, 0.1) is 14.2 Å². The first-order chi connectivity index (χ1) is 14.9. The van der Waals surface area contributed by atoms with Gasteiger partial charge in [-0.15, -0.1) is 0 Å². The zero-order valence-electron chi connectivity index (χ0n) is 18.5. The van der Waals surface area contributed by atoms with Crippen molar-refractivity contribution in [1.29, 1.82) is 0 Å². The highest BCUT2D eigenvalue weighted by atomic mass is 32.2. The van der Waals surface area contributed by atoms with E-state index >= 15 is 0 Å². The molecule has 0 aliphatic carbocycles. The lowest BCUT2D eigenvalue weighted by Gasteiger charge is -2.34. The van der Waals surface area contributed by atoms with Gasteiger partial charge < -0.3 is 18.8 Å². The second-order valence-electron chi connectivity index (χ2n) is 7.90. The Labute approximate surface area is 187 Å². The molecule has 6 heteroatoms. The number of carbonyl (C=O) groups excluding carboxylic acids is 1. The molecule has 0 fully saturated rings. The summed E-state index contributed by atoms with van der Waals surface area (Å²) in [4.78, 5) is 16.3. The van der Waals surface area contributed by atoms with Crippen molar-refractivity contribution in [2.24, 2.45) is 0 Å². The molecule has 0 spiro atoms. The minimum absolute atomic E-state index is 0.0536. The third-order valence-corrected chi connectivity index (χ3v) is 7.03. The Morgan fingerprint density at radius 1 is 1.03 bits per heavy atom. The number of carbonyl (C=O) groups is 1. The van der Waals surface area contributed by atoms with Crippen molar-refractivity contribution in [1.82, 2.24) is 4.90 Å². The van der Waals surface area contributed by atoms with Gasteiger partial charge in [-0.3, -0.25) is 4.79 Å². The van der Waals surface area contributed by atoms with Gasteiger partial charge in [0.1, 0.15) is 0 Å². The third-order valence-electron chi connectivity index (χ3n) is 5.76. The summed E-state index contributed by atoms with van der Waals surface area (Å²) in [7, 11) is 3.26. The van der Waals surface area contributed by atoms with Crippen LogP contribution in [0.4, 0.5) is 0 Å². The maximum atomic E-state index is 13.3. The number of aryl methyl sites for hydroxylation is 2. The molecule has 1 atom stereocenters. The summed E-state index contributed by atoms with van der Waals surface area (Å²) in [6.07, 6.45) is 0.756. The van der Waals surface area contributed by atoms with Gasteiger partial charge in [0.2, 0.25) is 0 Å². The molecule has 2 heterocycles. The van der Waals surface area contributed by atoms with E-state index in [1.165, 1.54) is 16.7 Å². The van der Waals surface area contributed by atoms with Crippen LogP contribution in [0.5, 0.6) is 11.5 Å². The minimum atomic E-state index is -0.0960. The predicted octanol–water partition coefficient (Wildman–Crippen LogP) is 5.65. The van der Waals surface area contributed by atoms with Crippen molar-refractivity contribution in [2.45, 2.75) is 49.8 Å². The van der Waals surface area contributed by atoms with Gasteiger partial charge in [-0.2, -0.15) is 0 Å². The lowest BCUT2D eigenvalue weighted by atomic mass is 9.94. The Balaban J connectivity index is 1.55. The molecule has 5 nitrogen and oxygen atoms in total. The maximum absolute atomic E-state index is 13.3. The molecule has 1 amide bonds. The number of nitrogens with zero attached hydrogens (tertiary/aromatic N) is 1. The van der Waals surface area contributed by atoms with Crippen LogP contribution in [0.3, 0.4) is 0 Å². The summed E-state index contributed by atoms with van der Waals surface area (Å²) in [5.74, 6) is 1.66. The summed E-state index contributed by atoms with van der Waals surface area (Å²) in [6.45, 7) is 6.74. The number of ether oxygens (including phenoxy) is 2. The minimum Gasteiger partial charge on any atom is -0.493 e. The third kappa shape index (κ3) is 4.17. The van der Waals surface area contributed by atoms with E-state index < -0.39 is 0 Å². The molecule has 1 unspecified atom stereocenters. The molecule has 3 aromatic rings. The van der Waals surface area contributed by atoms with E-state index in [4.69, 9.17) is 13.9 Å². The van der Waals surface area contributed by atoms with E-state index in [1.807, 2.05) is 29.2 Å². The molecule has 1 aliphatic heterocycles. The summed E-state index contributed by atoms with van der Waals surface area (Å²) in [6, 6.07) is 13.9. The van der Waals surface area contributed by atoms with Crippen LogP contribution in [0.25, 0.3) is 0 Å². The van der Waals surface area contributed by atoms with Gasteiger partial charge in [-0.1, -0.05) is 30.0 Å². The largest absolute Gasteiger partial charge is 0.493 e. The highest BCUT2D eigenvalue weighted by Crippen LogP contribution is 2.37. The van der Waals surface area contributed by atoms with Crippen LogP contribution in [0.2, 0.25) is 0 Å². The van der Waals surface area contributed by atoms with Crippen molar-refractivity contribution >= 4 is 17.7 Å². The number of hydrogen-bond donors (Lipinski definition) is 0. The highest BCUT2D eigenvalue weighted by Gasteiger charge is 2.30. The first-order valence-corrected chi connectivity index (χ1v) is 11.1. The summed E-state index contributed by atoms with van der Waals surface area (Å²) in [5.41, 5.74) is 4.64. The van der Waals surface area contributed by atoms with Crippen LogP contribution >= 0.6 is 11.8 Å². The van der Waals surface area contributed by atoms with Crippen LogP contribution in [0.15, 0.2) is 56.9 Å². The summed E-state index contributed by atoms with van der Waals surface area (Å²) in [5, 5.41) is 0.720. The molecule has 0 saturated carbocycles. The SMILES string of the molecule is COc1cc2c(cc1OC)CN(C(=O)c1ccc(Sc3c(C)cccc3C)o1)C(C)C2. The van der Waals surface area contributed by atoms with E-state index in [0.29, 0.717) is 23.8 Å². The maximum Gasteiger partial charge on any atom is 0.290 e. The number of amides is 1. The Hall–Kier alpha value is -2.86. The van der Waals surface area contributed by atoms with E-state index in [1.54, 1.807) is 32.0 Å². The number of methoxy groups -OCH3 is 2. The molecule has 1 aromatic heterocycles. The second kappa shape index (κ2) is 8.71. The van der Waals surface area contributed by atoms with Crippen LogP contribution in [0.1, 0.15) is 39.7 Å². The zero-order chi connectivity index (χ0) is 22.1. The lowest BCUT2D eigenvalue weighted by molar-refractivity contribution is 0.0619. The summed E-state index contributed by atoms with van der Waals surface area (Å²) >= 11 is 1.56. The van der Waals surface area contributed by atoms with Gasteiger partial charge >= 0.3 is 0 Å². The molecule has 0 saturated heterocycles. The Kier molecular flexibility index (Phi) is 6.01. The van der Waals surface area contributed by atoms with Crippen molar-refractivity contribution < 1.29 is 18.7 Å². The van der Waals surface area contributed by atoms with E-state index in [9.17, 15) is 4.79 Å². The molecular formula is C25H27NO4S. The molecule has 0 bridgehead atoms.